The van der Waals surface area contributed by atoms with E-state index >= 15 is 0 Å². The third-order valence-corrected chi connectivity index (χ3v) is 5.87. The van der Waals surface area contributed by atoms with Gasteiger partial charge in [0.2, 0.25) is 0 Å². The molecule has 0 aliphatic rings. The van der Waals surface area contributed by atoms with E-state index in [1.54, 1.807) is 21.3 Å². The molecule has 6 nitrogen and oxygen atoms in total. The average molecular weight is 293 g/mol. The molecule has 2 N–H and O–H groups in total. The van der Waals surface area contributed by atoms with Gasteiger partial charge in [-0.1, -0.05) is 12.8 Å². The van der Waals surface area contributed by atoms with Gasteiger partial charge in [0.15, 0.2) is 0 Å². The molecule has 0 atom stereocenters. The number of nitrogens with one attached hydrogen (secondary N) is 1. The zero-order valence-electron chi connectivity index (χ0n) is 12.2. The van der Waals surface area contributed by atoms with Crippen molar-refractivity contribution in [3.8, 4) is 0 Å². The molecule has 0 aliphatic carbocycles. The molecule has 0 saturated heterocycles. The summed E-state index contributed by atoms with van der Waals surface area (Å²) in [5.74, 6) is -0.757. The topological polar surface area (TPSA) is 77.0 Å². The summed E-state index contributed by atoms with van der Waals surface area (Å²) in [6, 6.07) is 0.836. The number of hydrogen-bond donors (Lipinski definition) is 2. The molecule has 7 heteroatoms. The van der Waals surface area contributed by atoms with E-state index in [0.29, 0.717) is 6.54 Å². The van der Waals surface area contributed by atoms with E-state index in [0.717, 1.165) is 38.3 Å². The number of unbranched alkanes of at least 4 members (excludes halogenated alkanes) is 3. The van der Waals surface area contributed by atoms with Crippen LogP contribution in [0.1, 0.15) is 32.1 Å². The van der Waals surface area contributed by atoms with E-state index in [1.165, 1.54) is 0 Å². The lowest BCUT2D eigenvalue weighted by atomic mass is 10.2. The van der Waals surface area contributed by atoms with Gasteiger partial charge in [-0.05, 0) is 19.4 Å². The highest BCUT2D eigenvalue weighted by molar-refractivity contribution is 6.60. The summed E-state index contributed by atoms with van der Waals surface area (Å²) >= 11 is 0. The molecule has 0 saturated carbocycles. The van der Waals surface area contributed by atoms with Gasteiger partial charge < -0.3 is 23.7 Å². The Balaban J connectivity index is 3.42. The Labute approximate surface area is 116 Å². The van der Waals surface area contributed by atoms with Crippen molar-refractivity contribution >= 4 is 14.8 Å². The van der Waals surface area contributed by atoms with Crippen LogP contribution in [0.15, 0.2) is 0 Å². The molecule has 0 unspecified atom stereocenters. The Morgan fingerprint density at radius 1 is 1.00 bits per heavy atom. The van der Waals surface area contributed by atoms with E-state index in [4.69, 9.17) is 18.4 Å². The first kappa shape index (κ1) is 18.5. The number of aliphatic carboxylic acids is 1. The second-order valence-corrected chi connectivity index (χ2v) is 7.44. The second kappa shape index (κ2) is 11.4. The van der Waals surface area contributed by atoms with Gasteiger partial charge in [0.05, 0.1) is 6.42 Å². The van der Waals surface area contributed by atoms with Crippen LogP contribution >= 0.6 is 0 Å². The van der Waals surface area contributed by atoms with Crippen LogP contribution < -0.4 is 5.32 Å². The highest BCUT2D eigenvalue weighted by Crippen LogP contribution is 2.17. The first-order valence-electron chi connectivity index (χ1n) is 6.68. The highest BCUT2D eigenvalue weighted by Gasteiger charge is 2.36. The summed E-state index contributed by atoms with van der Waals surface area (Å²) < 4.78 is 16.0. The lowest BCUT2D eigenvalue weighted by Crippen LogP contribution is -2.42. The fourth-order valence-electron chi connectivity index (χ4n) is 1.82. The normalized spacial score (nSPS) is 11.7. The van der Waals surface area contributed by atoms with Gasteiger partial charge in [0, 0.05) is 33.9 Å². The summed E-state index contributed by atoms with van der Waals surface area (Å²) in [5, 5.41) is 11.6. The van der Waals surface area contributed by atoms with Crippen LogP contribution in [0.4, 0.5) is 0 Å². The summed E-state index contributed by atoms with van der Waals surface area (Å²) in [4.78, 5) is 10.3. The molecule has 0 aromatic heterocycles. The maximum Gasteiger partial charge on any atom is 0.500 e. The molecular formula is C12H27NO5Si. The maximum absolute atomic E-state index is 10.3. The zero-order valence-corrected chi connectivity index (χ0v) is 13.2. The van der Waals surface area contributed by atoms with Crippen molar-refractivity contribution in [2.45, 2.75) is 38.1 Å². The van der Waals surface area contributed by atoms with Crippen molar-refractivity contribution in [1.82, 2.24) is 5.32 Å². The monoisotopic (exact) mass is 293 g/mol. The van der Waals surface area contributed by atoms with Crippen LogP contribution in [0.25, 0.3) is 0 Å². The van der Waals surface area contributed by atoms with Crippen LogP contribution in [-0.2, 0) is 18.1 Å². The molecule has 0 aliphatic heterocycles. The Morgan fingerprint density at radius 2 is 1.58 bits per heavy atom. The summed E-state index contributed by atoms with van der Waals surface area (Å²) in [6.45, 7) is 1.41. The fourth-order valence-corrected chi connectivity index (χ4v) is 3.62. The second-order valence-electron chi connectivity index (χ2n) is 4.35. The lowest BCUT2D eigenvalue weighted by molar-refractivity contribution is -0.136. The number of rotatable bonds is 13. The molecule has 0 spiro atoms. The minimum Gasteiger partial charge on any atom is -0.481 e. The lowest BCUT2D eigenvalue weighted by Gasteiger charge is -2.24. The van der Waals surface area contributed by atoms with Crippen molar-refractivity contribution in [2.24, 2.45) is 0 Å². The molecule has 0 amide bonds. The minimum absolute atomic E-state index is 0.184. The Hall–Kier alpha value is -0.473. The first-order valence-corrected chi connectivity index (χ1v) is 8.61. The number of carbonyl (C=O) groups is 1. The van der Waals surface area contributed by atoms with Crippen LogP contribution in [-0.4, -0.2) is 54.3 Å². The number of carboxylic acid groups (broad SMARTS) is 1. The Bertz CT molecular complexity index is 228. The predicted molar refractivity (Wildman–Crippen MR) is 75.2 cm³/mol. The summed E-state index contributed by atoms with van der Waals surface area (Å²) in [6.07, 6.45) is 4.48. The number of hydrogen-bond acceptors (Lipinski definition) is 5. The van der Waals surface area contributed by atoms with Gasteiger partial charge >= 0.3 is 14.8 Å². The van der Waals surface area contributed by atoms with Gasteiger partial charge in [-0.3, -0.25) is 4.79 Å². The smallest absolute Gasteiger partial charge is 0.481 e. The highest BCUT2D eigenvalue weighted by atomic mass is 28.4. The molecular weight excluding hydrogens is 266 g/mol. The summed E-state index contributed by atoms with van der Waals surface area (Å²) in [7, 11) is 2.50. The fraction of sp³-hybridized carbons (Fsp3) is 0.917. The average Bonchev–Trinajstić information content (AvgIpc) is 2.41. The maximum atomic E-state index is 10.3. The molecule has 19 heavy (non-hydrogen) atoms. The molecule has 0 bridgehead atoms. The number of carboxylic acids is 1. The van der Waals surface area contributed by atoms with Crippen molar-refractivity contribution in [2.75, 3.05) is 34.4 Å². The SMILES string of the molecule is CO[Si](CCCCCCNCCC(=O)O)(OC)OC. The molecule has 114 valence electrons. The van der Waals surface area contributed by atoms with Crippen molar-refractivity contribution in [3.05, 3.63) is 0 Å². The van der Waals surface area contributed by atoms with Gasteiger partial charge in [0.1, 0.15) is 0 Å². The van der Waals surface area contributed by atoms with E-state index < -0.39 is 14.8 Å². The van der Waals surface area contributed by atoms with Crippen molar-refractivity contribution in [1.29, 1.82) is 0 Å². The molecule has 0 fully saturated rings. The van der Waals surface area contributed by atoms with E-state index in [9.17, 15) is 4.79 Å². The minimum atomic E-state index is -2.39. The van der Waals surface area contributed by atoms with Crippen molar-refractivity contribution < 1.29 is 23.2 Å². The third-order valence-electron chi connectivity index (χ3n) is 3.04. The quantitative estimate of drug-likeness (QED) is 0.396. The van der Waals surface area contributed by atoms with Gasteiger partial charge in [-0.15, -0.1) is 0 Å². The Morgan fingerprint density at radius 3 is 2.11 bits per heavy atom. The Kier molecular flexibility index (Phi) is 11.1. The van der Waals surface area contributed by atoms with Crippen LogP contribution in [0.5, 0.6) is 0 Å². The van der Waals surface area contributed by atoms with E-state index in [1.807, 2.05) is 0 Å². The van der Waals surface area contributed by atoms with E-state index in [-0.39, 0.29) is 6.42 Å². The molecule has 0 heterocycles. The van der Waals surface area contributed by atoms with Gasteiger partial charge in [-0.25, -0.2) is 0 Å². The standard InChI is InChI=1S/C12H27NO5Si/c1-16-19(17-2,18-3)11-7-5-4-6-9-13-10-8-12(14)15/h13H,4-11H2,1-3H3,(H,14,15). The van der Waals surface area contributed by atoms with Crippen LogP contribution in [0, 0.1) is 0 Å². The third kappa shape index (κ3) is 9.12. The van der Waals surface area contributed by atoms with Crippen LogP contribution in [0.2, 0.25) is 6.04 Å². The van der Waals surface area contributed by atoms with Crippen molar-refractivity contribution in [3.63, 3.8) is 0 Å². The predicted octanol–water partition coefficient (Wildman–Crippen LogP) is 1.49. The molecule has 0 aromatic rings. The largest absolute Gasteiger partial charge is 0.500 e. The molecule has 0 aromatic carbocycles. The molecule has 0 rings (SSSR count). The molecule has 0 radical (unpaired) electrons. The van der Waals surface area contributed by atoms with Crippen LogP contribution in [0.3, 0.4) is 0 Å². The first-order chi connectivity index (χ1) is 9.10. The zero-order chi connectivity index (χ0) is 14.6. The summed E-state index contributed by atoms with van der Waals surface area (Å²) in [5.41, 5.74) is 0. The van der Waals surface area contributed by atoms with Gasteiger partial charge in [0.25, 0.3) is 0 Å². The van der Waals surface area contributed by atoms with E-state index in [2.05, 4.69) is 5.32 Å². The van der Waals surface area contributed by atoms with Gasteiger partial charge in [-0.2, -0.15) is 0 Å².